The van der Waals surface area contributed by atoms with Crippen LogP contribution in [0.25, 0.3) is 0 Å². The van der Waals surface area contributed by atoms with Crippen LogP contribution in [-0.4, -0.2) is 70.0 Å². The third-order valence-corrected chi connectivity index (χ3v) is 6.81. The highest BCUT2D eigenvalue weighted by molar-refractivity contribution is 5.78. The summed E-state index contributed by atoms with van der Waals surface area (Å²) in [7, 11) is 0. The minimum absolute atomic E-state index is 0.0257. The third kappa shape index (κ3) is 5.04. The molecule has 1 amide bonds. The number of fused-ring (bicyclic) bond motifs is 1. The van der Waals surface area contributed by atoms with Gasteiger partial charge in [0.25, 0.3) is 0 Å². The molecule has 2 N–H and O–H groups in total. The largest absolute Gasteiger partial charge is 0.433 e. The molecule has 0 spiro atoms. The number of aromatic nitrogens is 2. The number of hydrogen-bond donors (Lipinski definition) is 1. The summed E-state index contributed by atoms with van der Waals surface area (Å²) >= 11 is 0. The van der Waals surface area contributed by atoms with E-state index in [1.807, 2.05) is 11.8 Å². The predicted molar refractivity (Wildman–Crippen MR) is 112 cm³/mol. The number of aldehydes is 1. The summed E-state index contributed by atoms with van der Waals surface area (Å²) in [5, 5.41) is 0. The quantitative estimate of drug-likeness (QED) is 0.636. The van der Waals surface area contributed by atoms with Gasteiger partial charge in [-0.25, -0.2) is 9.97 Å². The zero-order valence-corrected chi connectivity index (χ0v) is 18.7. The molecule has 8 nitrogen and oxygen atoms in total. The van der Waals surface area contributed by atoms with Gasteiger partial charge in [-0.05, 0) is 26.2 Å². The smallest absolute Gasteiger partial charge is 0.367 e. The van der Waals surface area contributed by atoms with Gasteiger partial charge in [0.1, 0.15) is 24.9 Å². The van der Waals surface area contributed by atoms with Crippen LogP contribution in [0.15, 0.2) is 0 Å². The van der Waals surface area contributed by atoms with E-state index in [2.05, 4.69) is 9.97 Å². The molecular weight excluding hydrogens is 439 g/mol. The second-order valence-corrected chi connectivity index (χ2v) is 9.20. The molecule has 3 heterocycles. The van der Waals surface area contributed by atoms with Gasteiger partial charge in [0.05, 0.1) is 11.8 Å². The molecule has 1 aromatic heterocycles. The van der Waals surface area contributed by atoms with Crippen molar-refractivity contribution in [3.05, 3.63) is 22.8 Å². The van der Waals surface area contributed by atoms with Gasteiger partial charge < -0.3 is 20.2 Å². The van der Waals surface area contributed by atoms with Crippen molar-refractivity contribution in [3.63, 3.8) is 0 Å². The Morgan fingerprint density at radius 3 is 2.67 bits per heavy atom. The Kier molecular flexibility index (Phi) is 7.01. The molecule has 1 aromatic rings. The lowest BCUT2D eigenvalue weighted by atomic mass is 9.98. The summed E-state index contributed by atoms with van der Waals surface area (Å²) in [5.41, 5.74) is 5.93. The first kappa shape index (κ1) is 24.0. The summed E-state index contributed by atoms with van der Waals surface area (Å²) in [6.07, 6.45) is -1.11. The average molecular weight is 470 g/mol. The number of nitrogens with two attached hydrogens (primary N) is 1. The average Bonchev–Trinajstić information content (AvgIpc) is 3.30. The van der Waals surface area contributed by atoms with Crippen LogP contribution in [0.3, 0.4) is 0 Å². The van der Waals surface area contributed by atoms with Crippen LogP contribution in [0.1, 0.15) is 67.7 Å². The molecule has 2 aliphatic heterocycles. The number of carbonyl (C=O) groups excluding carboxylic acids is 2. The zero-order chi connectivity index (χ0) is 23.8. The predicted octanol–water partition coefficient (Wildman–Crippen LogP) is 2.00. The Bertz CT molecular complexity index is 891. The number of alkyl halides is 3. The fraction of sp³-hybridized carbons (Fsp3) is 0.727. The fourth-order valence-electron chi connectivity index (χ4n) is 5.21. The summed E-state index contributed by atoms with van der Waals surface area (Å²) in [5.74, 6) is -0.0673. The van der Waals surface area contributed by atoms with Crippen LogP contribution in [-0.2, 0) is 33.5 Å². The molecule has 1 saturated carbocycles. The van der Waals surface area contributed by atoms with Crippen molar-refractivity contribution in [1.82, 2.24) is 19.8 Å². The van der Waals surface area contributed by atoms with E-state index in [1.165, 1.54) is 0 Å². The molecule has 0 radical (unpaired) electrons. The van der Waals surface area contributed by atoms with Crippen molar-refractivity contribution < 1.29 is 27.5 Å². The summed E-state index contributed by atoms with van der Waals surface area (Å²) in [4.78, 5) is 35.9. The van der Waals surface area contributed by atoms with Gasteiger partial charge in [0.15, 0.2) is 5.69 Å². The van der Waals surface area contributed by atoms with E-state index in [0.717, 1.165) is 25.7 Å². The van der Waals surface area contributed by atoms with E-state index in [4.69, 9.17) is 10.5 Å². The molecule has 33 heavy (non-hydrogen) atoms. The molecule has 3 aliphatic rings. The van der Waals surface area contributed by atoms with Crippen LogP contribution in [0.5, 0.6) is 0 Å². The van der Waals surface area contributed by atoms with Crippen molar-refractivity contribution in [2.45, 2.75) is 82.4 Å². The monoisotopic (exact) mass is 469 g/mol. The molecule has 3 atom stereocenters. The highest BCUT2D eigenvalue weighted by Gasteiger charge is 2.42. The minimum atomic E-state index is -4.56. The molecule has 1 saturated heterocycles. The third-order valence-electron chi connectivity index (χ3n) is 6.81. The van der Waals surface area contributed by atoms with E-state index in [-0.39, 0.29) is 61.9 Å². The topological polar surface area (TPSA) is 102 Å². The van der Waals surface area contributed by atoms with Crippen molar-refractivity contribution in [2.75, 3.05) is 19.7 Å². The lowest BCUT2D eigenvalue weighted by Crippen LogP contribution is -2.63. The van der Waals surface area contributed by atoms with Crippen molar-refractivity contribution in [3.8, 4) is 0 Å². The lowest BCUT2D eigenvalue weighted by Gasteiger charge is -2.46. The Morgan fingerprint density at radius 2 is 2.00 bits per heavy atom. The van der Waals surface area contributed by atoms with Crippen LogP contribution in [0.2, 0.25) is 0 Å². The van der Waals surface area contributed by atoms with Gasteiger partial charge in [0, 0.05) is 43.6 Å². The number of nitrogens with zero attached hydrogens (tertiary/aromatic N) is 4. The standard InChI is InChI=1S/C22H30F3N5O3/c1-13-10-30(18(32)12-33-13)21(16(26)7-9-31)29-8-6-15-17(11-29)27-20(14-4-2-3-5-14)28-19(15)22(23,24)25/h9,13-14,16,21H,2-8,10-12,26H2,1H3/t13-,16-,21?/m0/s1. The Labute approximate surface area is 190 Å². The molecule has 0 bridgehead atoms. The highest BCUT2D eigenvalue weighted by Crippen LogP contribution is 2.38. The Hall–Kier alpha value is -2.11. The van der Waals surface area contributed by atoms with E-state index in [9.17, 15) is 22.8 Å². The summed E-state index contributed by atoms with van der Waals surface area (Å²) < 4.78 is 47.1. The van der Waals surface area contributed by atoms with Crippen molar-refractivity contribution in [1.29, 1.82) is 0 Å². The highest BCUT2D eigenvalue weighted by atomic mass is 19.4. The van der Waals surface area contributed by atoms with Gasteiger partial charge >= 0.3 is 6.18 Å². The lowest BCUT2D eigenvalue weighted by molar-refractivity contribution is -0.159. The first-order valence-corrected chi connectivity index (χ1v) is 11.5. The Balaban J connectivity index is 1.69. The van der Waals surface area contributed by atoms with Crippen LogP contribution in [0, 0.1) is 0 Å². The normalized spacial score (nSPS) is 24.6. The van der Waals surface area contributed by atoms with E-state index in [1.54, 1.807) is 4.90 Å². The number of amides is 1. The number of ether oxygens (including phenoxy) is 1. The maximum atomic E-state index is 13.9. The molecule has 4 rings (SSSR count). The van der Waals surface area contributed by atoms with Crippen LogP contribution >= 0.6 is 0 Å². The van der Waals surface area contributed by atoms with Gasteiger partial charge in [-0.15, -0.1) is 0 Å². The van der Waals surface area contributed by atoms with Crippen LogP contribution in [0.4, 0.5) is 13.2 Å². The number of rotatable bonds is 6. The number of halogens is 3. The van der Waals surface area contributed by atoms with E-state index in [0.29, 0.717) is 18.5 Å². The fourth-order valence-corrected chi connectivity index (χ4v) is 5.21. The second kappa shape index (κ2) is 9.63. The molecule has 2 fully saturated rings. The first-order chi connectivity index (χ1) is 15.7. The van der Waals surface area contributed by atoms with Gasteiger partial charge in [0.2, 0.25) is 5.91 Å². The van der Waals surface area contributed by atoms with Gasteiger partial charge in [-0.2, -0.15) is 13.2 Å². The van der Waals surface area contributed by atoms with E-state index < -0.39 is 24.1 Å². The number of carbonyl (C=O) groups is 2. The zero-order valence-electron chi connectivity index (χ0n) is 18.7. The molecule has 182 valence electrons. The summed E-state index contributed by atoms with van der Waals surface area (Å²) in [6, 6.07) is -0.684. The first-order valence-electron chi connectivity index (χ1n) is 11.5. The van der Waals surface area contributed by atoms with Gasteiger partial charge in [-0.3, -0.25) is 9.69 Å². The maximum absolute atomic E-state index is 13.9. The minimum Gasteiger partial charge on any atom is -0.367 e. The van der Waals surface area contributed by atoms with Crippen LogP contribution < -0.4 is 5.73 Å². The molecule has 0 aromatic carbocycles. The second-order valence-electron chi connectivity index (χ2n) is 9.20. The van der Waals surface area contributed by atoms with E-state index >= 15 is 0 Å². The molecule has 1 aliphatic carbocycles. The van der Waals surface area contributed by atoms with Crippen molar-refractivity contribution in [2.24, 2.45) is 5.73 Å². The number of morpholine rings is 1. The number of hydrogen-bond acceptors (Lipinski definition) is 7. The summed E-state index contributed by atoms with van der Waals surface area (Å²) in [6.45, 7) is 2.39. The van der Waals surface area contributed by atoms with Gasteiger partial charge in [-0.1, -0.05) is 12.8 Å². The van der Waals surface area contributed by atoms with Crippen molar-refractivity contribution >= 4 is 12.2 Å². The Morgan fingerprint density at radius 1 is 1.27 bits per heavy atom. The SMILES string of the molecule is C[C@H]1CN(C([C@@H](N)CC=O)N2CCc3c(nc(C4CCCC4)nc3C(F)(F)F)C2)C(=O)CO1. The molecule has 11 heteroatoms. The molecule has 1 unspecified atom stereocenters. The molecular formula is C22H30F3N5O3. The maximum Gasteiger partial charge on any atom is 0.433 e.